The Morgan fingerprint density at radius 1 is 0.533 bits per heavy atom. The average Bonchev–Trinajstić information content (AvgIpc) is 2.17. The van der Waals surface area contributed by atoms with Crippen molar-refractivity contribution in [3.05, 3.63) is 42.5 Å². The lowest BCUT2D eigenvalue weighted by Gasteiger charge is -2.05. The van der Waals surface area contributed by atoms with Gasteiger partial charge in [0.25, 0.3) is 0 Å². The number of hydrogen-bond acceptors (Lipinski definition) is 3. The van der Waals surface area contributed by atoms with Crippen LogP contribution < -0.4 is 17.2 Å². The molecule has 0 amide bonds. The van der Waals surface area contributed by atoms with Crippen molar-refractivity contribution in [2.24, 2.45) is 0 Å². The fraction of sp³-hybridized carbons (Fsp3) is 0. The van der Waals surface area contributed by atoms with Crippen molar-refractivity contribution in [2.45, 2.75) is 0 Å². The number of nitrogens with two attached hydrogens (primary N) is 3. The van der Waals surface area contributed by atoms with Crippen LogP contribution >= 0.6 is 0 Å². The van der Waals surface area contributed by atoms with Crippen LogP contribution in [0.3, 0.4) is 0 Å². The van der Waals surface area contributed by atoms with Crippen molar-refractivity contribution in [1.82, 2.24) is 0 Å². The summed E-state index contributed by atoms with van der Waals surface area (Å²) in [7, 11) is 0. The molecule has 0 atom stereocenters. The van der Waals surface area contributed by atoms with Crippen LogP contribution in [0.5, 0.6) is 0 Å². The maximum absolute atomic E-state index is 5.72. The predicted molar refractivity (Wildman–Crippen MR) is 65.1 cm³/mol. The van der Waals surface area contributed by atoms with E-state index in [1.54, 1.807) is 6.07 Å². The largest absolute Gasteiger partial charge is 0.399 e. The molecule has 0 unspecified atom stereocenters. The minimum Gasteiger partial charge on any atom is -0.399 e. The first-order valence-corrected chi connectivity index (χ1v) is 4.67. The Balaban J connectivity index is 2.49. The second-order valence-electron chi connectivity index (χ2n) is 3.51. The van der Waals surface area contributed by atoms with E-state index in [-0.39, 0.29) is 0 Å². The molecule has 3 heteroatoms. The number of rotatable bonds is 1. The topological polar surface area (TPSA) is 78.1 Å². The summed E-state index contributed by atoms with van der Waals surface area (Å²) in [5.74, 6) is 0. The van der Waals surface area contributed by atoms with Crippen molar-refractivity contribution < 1.29 is 0 Å². The Labute approximate surface area is 88.5 Å². The molecule has 2 aromatic rings. The highest BCUT2D eigenvalue weighted by Gasteiger charge is 1.99. The van der Waals surface area contributed by atoms with Gasteiger partial charge in [-0.25, -0.2) is 0 Å². The van der Waals surface area contributed by atoms with Crippen molar-refractivity contribution in [2.75, 3.05) is 17.2 Å². The van der Waals surface area contributed by atoms with Crippen molar-refractivity contribution in [3.8, 4) is 11.1 Å². The standard InChI is InChI=1S/C12H13N3/c13-10-3-1-8(2-4-10)9-5-11(14)7-12(15)6-9/h1-7H,13-15H2. The van der Waals surface area contributed by atoms with Gasteiger partial charge in [0, 0.05) is 17.1 Å². The normalized spacial score (nSPS) is 10.1. The molecule has 0 fully saturated rings. The Kier molecular flexibility index (Phi) is 2.21. The van der Waals surface area contributed by atoms with Crippen LogP contribution in [0, 0.1) is 0 Å². The third-order valence-corrected chi connectivity index (χ3v) is 2.22. The highest BCUT2D eigenvalue weighted by Crippen LogP contribution is 2.25. The van der Waals surface area contributed by atoms with Gasteiger partial charge in [0.2, 0.25) is 0 Å². The molecule has 0 radical (unpaired) electrons. The molecule has 0 aliphatic carbocycles. The molecule has 0 aromatic heterocycles. The van der Waals surface area contributed by atoms with Gasteiger partial charge in [-0.3, -0.25) is 0 Å². The number of hydrogen-bond donors (Lipinski definition) is 3. The van der Waals surface area contributed by atoms with E-state index >= 15 is 0 Å². The fourth-order valence-corrected chi connectivity index (χ4v) is 1.52. The zero-order chi connectivity index (χ0) is 10.8. The molecule has 0 aliphatic rings. The predicted octanol–water partition coefficient (Wildman–Crippen LogP) is 2.10. The van der Waals surface area contributed by atoms with Crippen LogP contribution in [-0.4, -0.2) is 0 Å². The maximum Gasteiger partial charge on any atom is 0.0340 e. The van der Waals surface area contributed by atoms with E-state index < -0.39 is 0 Å². The van der Waals surface area contributed by atoms with Gasteiger partial charge in [0.05, 0.1) is 0 Å². The van der Waals surface area contributed by atoms with E-state index in [1.165, 1.54) is 0 Å². The highest BCUT2D eigenvalue weighted by molar-refractivity contribution is 5.73. The van der Waals surface area contributed by atoms with Crippen LogP contribution in [0.4, 0.5) is 17.1 Å². The Morgan fingerprint density at radius 3 is 1.60 bits per heavy atom. The van der Waals surface area contributed by atoms with Gasteiger partial charge in [-0.2, -0.15) is 0 Å². The molecule has 0 heterocycles. The summed E-state index contributed by atoms with van der Waals surface area (Å²) < 4.78 is 0. The summed E-state index contributed by atoms with van der Waals surface area (Å²) in [6.45, 7) is 0. The van der Waals surface area contributed by atoms with E-state index in [0.717, 1.165) is 16.8 Å². The summed E-state index contributed by atoms with van der Waals surface area (Å²) in [4.78, 5) is 0. The molecule has 6 N–H and O–H groups in total. The van der Waals surface area contributed by atoms with E-state index in [1.807, 2.05) is 36.4 Å². The molecular formula is C12H13N3. The Morgan fingerprint density at radius 2 is 1.07 bits per heavy atom. The molecule has 0 aliphatic heterocycles. The van der Waals surface area contributed by atoms with E-state index in [0.29, 0.717) is 11.4 Å². The lowest BCUT2D eigenvalue weighted by Crippen LogP contribution is -1.91. The molecule has 3 nitrogen and oxygen atoms in total. The summed E-state index contributed by atoms with van der Waals surface area (Å²) in [5, 5.41) is 0. The van der Waals surface area contributed by atoms with Crippen LogP contribution in [0.2, 0.25) is 0 Å². The van der Waals surface area contributed by atoms with Gasteiger partial charge in [0.15, 0.2) is 0 Å². The summed E-state index contributed by atoms with van der Waals surface area (Å²) in [5.41, 5.74) is 21.2. The molecular weight excluding hydrogens is 186 g/mol. The van der Waals surface area contributed by atoms with Crippen molar-refractivity contribution in [3.63, 3.8) is 0 Å². The van der Waals surface area contributed by atoms with Crippen LogP contribution in [-0.2, 0) is 0 Å². The van der Waals surface area contributed by atoms with Gasteiger partial charge in [-0.1, -0.05) is 12.1 Å². The zero-order valence-corrected chi connectivity index (χ0v) is 8.27. The van der Waals surface area contributed by atoms with Gasteiger partial charge in [0.1, 0.15) is 0 Å². The van der Waals surface area contributed by atoms with E-state index in [4.69, 9.17) is 17.2 Å². The molecule has 2 rings (SSSR count). The Hall–Kier alpha value is -2.16. The molecule has 2 aromatic carbocycles. The Bertz CT molecular complexity index is 454. The first-order valence-electron chi connectivity index (χ1n) is 4.67. The number of benzene rings is 2. The molecule has 0 saturated carbocycles. The minimum absolute atomic E-state index is 0.668. The maximum atomic E-state index is 5.72. The first-order chi connectivity index (χ1) is 7.15. The number of anilines is 3. The average molecular weight is 199 g/mol. The second-order valence-corrected chi connectivity index (χ2v) is 3.51. The second kappa shape index (κ2) is 3.53. The van der Waals surface area contributed by atoms with Crippen LogP contribution in [0.15, 0.2) is 42.5 Å². The van der Waals surface area contributed by atoms with Crippen molar-refractivity contribution >= 4 is 17.1 Å². The zero-order valence-electron chi connectivity index (χ0n) is 8.27. The van der Waals surface area contributed by atoms with Crippen molar-refractivity contribution in [1.29, 1.82) is 0 Å². The highest BCUT2D eigenvalue weighted by atomic mass is 14.6. The van der Waals surface area contributed by atoms with Crippen LogP contribution in [0.1, 0.15) is 0 Å². The molecule has 0 saturated heterocycles. The number of nitrogen functional groups attached to an aromatic ring is 3. The molecule has 15 heavy (non-hydrogen) atoms. The third-order valence-electron chi connectivity index (χ3n) is 2.22. The smallest absolute Gasteiger partial charge is 0.0340 e. The summed E-state index contributed by atoms with van der Waals surface area (Å²) >= 11 is 0. The SMILES string of the molecule is Nc1ccc(-c2cc(N)cc(N)c2)cc1. The first kappa shape index (κ1) is 9.40. The lowest BCUT2D eigenvalue weighted by molar-refractivity contribution is 1.60. The van der Waals surface area contributed by atoms with E-state index in [9.17, 15) is 0 Å². The lowest BCUT2D eigenvalue weighted by atomic mass is 10.0. The monoisotopic (exact) mass is 199 g/mol. The van der Waals surface area contributed by atoms with Crippen LogP contribution in [0.25, 0.3) is 11.1 Å². The van der Waals surface area contributed by atoms with Gasteiger partial charge < -0.3 is 17.2 Å². The summed E-state index contributed by atoms with van der Waals surface area (Å²) in [6.07, 6.45) is 0. The molecule has 0 bridgehead atoms. The minimum atomic E-state index is 0.668. The quantitative estimate of drug-likeness (QED) is 0.615. The third kappa shape index (κ3) is 2.02. The van der Waals surface area contributed by atoms with Gasteiger partial charge in [-0.15, -0.1) is 0 Å². The summed E-state index contributed by atoms with van der Waals surface area (Å²) in [6, 6.07) is 13.1. The van der Waals surface area contributed by atoms with Gasteiger partial charge >= 0.3 is 0 Å². The van der Waals surface area contributed by atoms with Gasteiger partial charge in [-0.05, 0) is 41.5 Å². The van der Waals surface area contributed by atoms with E-state index in [2.05, 4.69) is 0 Å². The molecule has 76 valence electrons. The fourth-order valence-electron chi connectivity index (χ4n) is 1.52. The molecule has 0 spiro atoms.